The van der Waals surface area contributed by atoms with Crippen LogP contribution in [0.4, 0.5) is 5.69 Å². The SMILES string of the molecule is CC[C@H](C)NC(=O)[C@H](CC)N(CCc1ccccc1)C(=O)CN(c1ccc(OC)cc1)S(C)(=O)=O. The number of nitrogens with one attached hydrogen (secondary N) is 1. The van der Waals surface area contributed by atoms with Crippen molar-refractivity contribution in [1.29, 1.82) is 0 Å². The summed E-state index contributed by atoms with van der Waals surface area (Å²) in [6, 6.07) is 15.4. The first kappa shape index (κ1) is 28.2. The van der Waals surface area contributed by atoms with Crippen LogP contribution in [0.5, 0.6) is 5.75 Å². The molecular formula is C26H37N3O5S. The number of nitrogens with zero attached hydrogens (tertiary/aromatic N) is 2. The van der Waals surface area contributed by atoms with Gasteiger partial charge in [0.25, 0.3) is 0 Å². The molecule has 0 fully saturated rings. The van der Waals surface area contributed by atoms with Gasteiger partial charge in [-0.05, 0) is 56.0 Å². The molecule has 2 aromatic carbocycles. The maximum Gasteiger partial charge on any atom is 0.244 e. The van der Waals surface area contributed by atoms with Crippen LogP contribution in [-0.2, 0) is 26.0 Å². The van der Waals surface area contributed by atoms with E-state index in [0.717, 1.165) is 22.5 Å². The van der Waals surface area contributed by atoms with E-state index in [2.05, 4.69) is 5.32 Å². The average molecular weight is 504 g/mol. The Labute approximate surface area is 209 Å². The monoisotopic (exact) mass is 503 g/mol. The number of ether oxygens (including phenoxy) is 1. The van der Waals surface area contributed by atoms with Crippen LogP contribution in [0.25, 0.3) is 0 Å². The molecule has 0 saturated carbocycles. The van der Waals surface area contributed by atoms with E-state index in [1.165, 1.54) is 12.0 Å². The zero-order valence-corrected chi connectivity index (χ0v) is 22.0. The number of carbonyl (C=O) groups excluding carboxylic acids is 2. The van der Waals surface area contributed by atoms with Gasteiger partial charge in [-0.2, -0.15) is 0 Å². The minimum atomic E-state index is -3.76. The third kappa shape index (κ3) is 8.28. The van der Waals surface area contributed by atoms with Gasteiger partial charge in [0, 0.05) is 12.6 Å². The van der Waals surface area contributed by atoms with E-state index in [9.17, 15) is 18.0 Å². The first-order valence-corrected chi connectivity index (χ1v) is 13.7. The maximum atomic E-state index is 13.6. The van der Waals surface area contributed by atoms with Gasteiger partial charge in [-0.3, -0.25) is 13.9 Å². The molecule has 2 rings (SSSR count). The fourth-order valence-corrected chi connectivity index (χ4v) is 4.55. The van der Waals surface area contributed by atoms with Crippen molar-refractivity contribution in [2.75, 3.05) is 30.8 Å². The summed E-state index contributed by atoms with van der Waals surface area (Å²) in [5.74, 6) is -0.0993. The molecule has 0 radical (unpaired) electrons. The molecule has 0 aliphatic heterocycles. The molecule has 0 spiro atoms. The standard InChI is InChI=1S/C26H37N3O5S/c1-6-20(3)27-26(31)24(7-2)28(18-17-21-11-9-8-10-12-21)25(30)19-29(35(5,32)33)22-13-15-23(34-4)16-14-22/h8-16,20,24H,6-7,17-19H2,1-5H3,(H,27,31)/t20-,24-/m0/s1. The van der Waals surface area contributed by atoms with Crippen LogP contribution in [-0.4, -0.2) is 63.7 Å². The second-order valence-electron chi connectivity index (χ2n) is 8.53. The highest BCUT2D eigenvalue weighted by Crippen LogP contribution is 2.22. The second-order valence-corrected chi connectivity index (χ2v) is 10.4. The van der Waals surface area contributed by atoms with Crippen LogP contribution in [0.3, 0.4) is 0 Å². The van der Waals surface area contributed by atoms with E-state index >= 15 is 0 Å². The second kappa shape index (κ2) is 13.1. The quantitative estimate of drug-likeness (QED) is 0.453. The molecule has 35 heavy (non-hydrogen) atoms. The molecule has 0 heterocycles. The highest BCUT2D eigenvalue weighted by molar-refractivity contribution is 7.92. The van der Waals surface area contributed by atoms with Gasteiger partial charge in [0.15, 0.2) is 0 Å². The Morgan fingerprint density at radius 2 is 1.63 bits per heavy atom. The van der Waals surface area contributed by atoms with Gasteiger partial charge < -0.3 is 15.0 Å². The van der Waals surface area contributed by atoms with Crippen molar-refractivity contribution in [2.45, 2.75) is 52.1 Å². The summed E-state index contributed by atoms with van der Waals surface area (Å²) in [7, 11) is -2.24. The van der Waals surface area contributed by atoms with E-state index < -0.39 is 28.5 Å². The van der Waals surface area contributed by atoms with E-state index in [4.69, 9.17) is 4.74 Å². The number of rotatable bonds is 13. The summed E-state index contributed by atoms with van der Waals surface area (Å²) < 4.78 is 31.5. The molecule has 0 saturated heterocycles. The lowest BCUT2D eigenvalue weighted by atomic mass is 10.1. The van der Waals surface area contributed by atoms with Crippen LogP contribution in [0.2, 0.25) is 0 Å². The Morgan fingerprint density at radius 1 is 1.00 bits per heavy atom. The zero-order valence-electron chi connectivity index (χ0n) is 21.2. The van der Waals surface area contributed by atoms with Gasteiger partial charge in [0.05, 0.1) is 19.1 Å². The van der Waals surface area contributed by atoms with Crippen molar-refractivity contribution in [1.82, 2.24) is 10.2 Å². The van der Waals surface area contributed by atoms with Crippen molar-refractivity contribution in [3.05, 3.63) is 60.2 Å². The van der Waals surface area contributed by atoms with Gasteiger partial charge in [-0.15, -0.1) is 0 Å². The molecule has 2 aromatic rings. The molecule has 0 aromatic heterocycles. The van der Waals surface area contributed by atoms with E-state index in [1.54, 1.807) is 24.3 Å². The smallest absolute Gasteiger partial charge is 0.244 e. The Kier molecular flexibility index (Phi) is 10.6. The summed E-state index contributed by atoms with van der Waals surface area (Å²) in [6.45, 7) is 5.61. The summed E-state index contributed by atoms with van der Waals surface area (Å²) in [6.07, 6.45) is 2.77. The van der Waals surface area contributed by atoms with Crippen molar-refractivity contribution < 1.29 is 22.7 Å². The molecule has 0 bridgehead atoms. The lowest BCUT2D eigenvalue weighted by Gasteiger charge is -2.33. The lowest BCUT2D eigenvalue weighted by molar-refractivity contribution is -0.139. The number of amides is 2. The first-order valence-electron chi connectivity index (χ1n) is 11.9. The molecular weight excluding hydrogens is 466 g/mol. The maximum absolute atomic E-state index is 13.6. The highest BCUT2D eigenvalue weighted by Gasteiger charge is 2.31. The average Bonchev–Trinajstić information content (AvgIpc) is 2.84. The van der Waals surface area contributed by atoms with Crippen LogP contribution < -0.4 is 14.4 Å². The first-order chi connectivity index (χ1) is 16.6. The van der Waals surface area contributed by atoms with Crippen molar-refractivity contribution in [3.63, 3.8) is 0 Å². The molecule has 8 nitrogen and oxygen atoms in total. The number of sulfonamides is 1. The van der Waals surface area contributed by atoms with Crippen molar-refractivity contribution >= 4 is 27.5 Å². The number of anilines is 1. The van der Waals surface area contributed by atoms with Crippen molar-refractivity contribution in [2.24, 2.45) is 0 Å². The molecule has 192 valence electrons. The number of hydrogen-bond donors (Lipinski definition) is 1. The summed E-state index contributed by atoms with van der Waals surface area (Å²) in [4.78, 5) is 28.2. The molecule has 0 unspecified atom stereocenters. The highest BCUT2D eigenvalue weighted by atomic mass is 32.2. The van der Waals surface area contributed by atoms with Crippen molar-refractivity contribution in [3.8, 4) is 5.75 Å². The van der Waals surface area contributed by atoms with Crippen LogP contribution in [0.1, 0.15) is 39.2 Å². The largest absolute Gasteiger partial charge is 0.497 e. The number of benzene rings is 2. The molecule has 0 aliphatic rings. The lowest BCUT2D eigenvalue weighted by Crippen LogP contribution is -2.54. The third-order valence-electron chi connectivity index (χ3n) is 5.91. The Hall–Kier alpha value is -3.07. The minimum Gasteiger partial charge on any atom is -0.497 e. The normalized spacial score (nSPS) is 12.9. The zero-order chi connectivity index (χ0) is 26.0. The van der Waals surface area contributed by atoms with Gasteiger partial charge in [0.2, 0.25) is 21.8 Å². The summed E-state index contributed by atoms with van der Waals surface area (Å²) in [5.41, 5.74) is 1.37. The van der Waals surface area contributed by atoms with Gasteiger partial charge >= 0.3 is 0 Å². The molecule has 9 heteroatoms. The van der Waals surface area contributed by atoms with Crippen LogP contribution in [0.15, 0.2) is 54.6 Å². The molecule has 0 aliphatic carbocycles. The van der Waals surface area contributed by atoms with E-state index in [1.807, 2.05) is 51.1 Å². The van der Waals surface area contributed by atoms with Gasteiger partial charge in [-0.1, -0.05) is 44.2 Å². The molecule has 2 atom stereocenters. The molecule has 1 N–H and O–H groups in total. The number of hydrogen-bond acceptors (Lipinski definition) is 5. The van der Waals surface area contributed by atoms with Crippen LogP contribution in [0, 0.1) is 0 Å². The minimum absolute atomic E-state index is 0.0329. The topological polar surface area (TPSA) is 96.0 Å². The third-order valence-corrected chi connectivity index (χ3v) is 7.05. The van der Waals surface area contributed by atoms with E-state index in [0.29, 0.717) is 24.3 Å². The van der Waals surface area contributed by atoms with Crippen LogP contribution >= 0.6 is 0 Å². The van der Waals surface area contributed by atoms with Gasteiger partial charge in [-0.25, -0.2) is 8.42 Å². The summed E-state index contributed by atoms with van der Waals surface area (Å²) in [5, 5.41) is 2.96. The Morgan fingerprint density at radius 3 is 2.14 bits per heavy atom. The summed E-state index contributed by atoms with van der Waals surface area (Å²) >= 11 is 0. The number of carbonyl (C=O) groups is 2. The predicted octanol–water partition coefficient (Wildman–Crippen LogP) is 3.23. The predicted molar refractivity (Wildman–Crippen MR) is 139 cm³/mol. The molecule has 2 amide bonds. The fourth-order valence-electron chi connectivity index (χ4n) is 3.70. The van der Waals surface area contributed by atoms with E-state index in [-0.39, 0.29) is 18.5 Å². The fraction of sp³-hybridized carbons (Fsp3) is 0.462. The Bertz CT molecular complexity index is 1060. The Balaban J connectivity index is 2.35. The number of methoxy groups -OCH3 is 1. The van der Waals surface area contributed by atoms with Gasteiger partial charge in [0.1, 0.15) is 18.3 Å².